The minimum Gasteiger partial charge on any atom is -0.393 e. The molecule has 0 unspecified atom stereocenters. The minimum atomic E-state index is -0.124. The standard InChI is InChI=1S/C16H14ClNOS.C9H5BrClNO/c1-18-10-16(17)15-8-7-14(9-12(15)11-19)20-13-5-3-2-4-6-13;10-5-1-2-6-7(3-5)9(13)12-4-8(6)11/h2-11,18H,1H3;1-4H,(H,12,13)/b16-10+;. The van der Waals surface area contributed by atoms with Gasteiger partial charge in [-0.05, 0) is 36.4 Å². The molecule has 0 spiro atoms. The van der Waals surface area contributed by atoms with Crippen LogP contribution < -0.4 is 10.9 Å². The molecule has 4 aromatic rings. The van der Waals surface area contributed by atoms with Gasteiger partial charge in [-0.15, -0.1) is 0 Å². The number of pyridine rings is 1. The van der Waals surface area contributed by atoms with Crippen LogP contribution in [0.1, 0.15) is 15.9 Å². The maximum atomic E-state index is 11.3. The molecule has 0 fully saturated rings. The van der Waals surface area contributed by atoms with Crippen LogP contribution in [0, 0.1) is 0 Å². The van der Waals surface area contributed by atoms with Crippen LogP contribution >= 0.6 is 50.9 Å². The summed E-state index contributed by atoms with van der Waals surface area (Å²) in [5.74, 6) is 0. The van der Waals surface area contributed by atoms with Crippen molar-refractivity contribution < 1.29 is 4.79 Å². The predicted octanol–water partition coefficient (Wildman–Crippen LogP) is 7.35. The highest BCUT2D eigenvalue weighted by Gasteiger charge is 2.07. The van der Waals surface area contributed by atoms with Gasteiger partial charge in [-0.25, -0.2) is 0 Å². The normalized spacial score (nSPS) is 11.0. The van der Waals surface area contributed by atoms with Gasteiger partial charge in [-0.3, -0.25) is 9.59 Å². The first-order valence-corrected chi connectivity index (χ1v) is 12.1. The Balaban J connectivity index is 0.000000203. The van der Waals surface area contributed by atoms with Crippen LogP contribution in [0.3, 0.4) is 0 Å². The molecule has 3 aromatic carbocycles. The molecule has 0 atom stereocenters. The molecule has 0 aliphatic carbocycles. The summed E-state index contributed by atoms with van der Waals surface area (Å²) in [7, 11) is 1.77. The first-order valence-electron chi connectivity index (χ1n) is 9.75. The van der Waals surface area contributed by atoms with Gasteiger partial charge in [0.25, 0.3) is 5.56 Å². The molecular formula is C25H19BrCl2N2O2S. The fourth-order valence-corrected chi connectivity index (χ4v) is 4.69. The molecule has 1 aromatic heterocycles. The number of H-pyrrole nitrogens is 1. The number of nitrogens with one attached hydrogen (secondary N) is 2. The zero-order valence-corrected chi connectivity index (χ0v) is 21.4. The van der Waals surface area contributed by atoms with Gasteiger partial charge in [-0.2, -0.15) is 0 Å². The third kappa shape index (κ3) is 6.74. The van der Waals surface area contributed by atoms with E-state index in [1.165, 1.54) is 6.20 Å². The van der Waals surface area contributed by atoms with Crippen LogP contribution in [0.4, 0.5) is 0 Å². The topological polar surface area (TPSA) is 62.0 Å². The average Bonchev–Trinajstić information content (AvgIpc) is 2.82. The van der Waals surface area contributed by atoms with E-state index >= 15 is 0 Å². The van der Waals surface area contributed by atoms with Crippen molar-refractivity contribution >= 4 is 73.0 Å². The maximum absolute atomic E-state index is 11.3. The van der Waals surface area contributed by atoms with Gasteiger partial charge in [-0.1, -0.05) is 81.2 Å². The van der Waals surface area contributed by atoms with Gasteiger partial charge >= 0.3 is 0 Å². The molecule has 33 heavy (non-hydrogen) atoms. The van der Waals surface area contributed by atoms with E-state index in [9.17, 15) is 9.59 Å². The van der Waals surface area contributed by atoms with Crippen molar-refractivity contribution in [2.75, 3.05) is 7.05 Å². The Kier molecular flexibility index (Phi) is 9.21. The molecule has 4 nitrogen and oxygen atoms in total. The van der Waals surface area contributed by atoms with Crippen molar-refractivity contribution in [1.29, 1.82) is 0 Å². The molecule has 168 valence electrons. The number of fused-ring (bicyclic) bond motifs is 1. The Morgan fingerprint density at radius 1 is 1.03 bits per heavy atom. The second kappa shape index (κ2) is 12.1. The summed E-state index contributed by atoms with van der Waals surface area (Å²) in [6, 6.07) is 21.1. The molecule has 0 saturated carbocycles. The monoisotopic (exact) mass is 560 g/mol. The number of hydrogen-bond donors (Lipinski definition) is 2. The van der Waals surface area contributed by atoms with Crippen molar-refractivity contribution in [1.82, 2.24) is 10.3 Å². The molecule has 8 heteroatoms. The second-order valence-electron chi connectivity index (χ2n) is 6.72. The van der Waals surface area contributed by atoms with Crippen molar-refractivity contribution in [2.45, 2.75) is 9.79 Å². The number of aldehydes is 1. The summed E-state index contributed by atoms with van der Waals surface area (Å²) >= 11 is 16.9. The number of aromatic amines is 1. The molecule has 0 aliphatic rings. The van der Waals surface area contributed by atoms with E-state index in [2.05, 4.69) is 26.2 Å². The van der Waals surface area contributed by atoms with Crippen molar-refractivity contribution in [2.24, 2.45) is 0 Å². The summed E-state index contributed by atoms with van der Waals surface area (Å²) in [5.41, 5.74) is 1.19. The Morgan fingerprint density at radius 3 is 2.48 bits per heavy atom. The summed E-state index contributed by atoms with van der Waals surface area (Å²) in [6.07, 6.45) is 3.99. The third-order valence-electron chi connectivity index (χ3n) is 4.47. The van der Waals surface area contributed by atoms with Gasteiger partial charge in [0, 0.05) is 55.6 Å². The van der Waals surface area contributed by atoms with Crippen LogP contribution in [0.2, 0.25) is 5.02 Å². The lowest BCUT2D eigenvalue weighted by molar-refractivity contribution is 0.112. The highest BCUT2D eigenvalue weighted by molar-refractivity contribution is 9.10. The fraction of sp³-hybridized carbons (Fsp3) is 0.0400. The lowest BCUT2D eigenvalue weighted by atomic mass is 10.1. The molecule has 4 rings (SSSR count). The molecule has 0 radical (unpaired) electrons. The highest BCUT2D eigenvalue weighted by atomic mass is 79.9. The predicted molar refractivity (Wildman–Crippen MR) is 143 cm³/mol. The SMILES string of the molecule is CN/C=C(/Cl)c1ccc(Sc2ccccc2)cc1C=O.O=c1[nH]cc(Cl)c2ccc(Br)cc12. The smallest absolute Gasteiger partial charge is 0.255 e. The second-order valence-corrected chi connectivity index (χ2v) is 9.60. The quantitative estimate of drug-likeness (QED) is 0.250. The van der Waals surface area contributed by atoms with Crippen molar-refractivity contribution in [3.8, 4) is 0 Å². The summed E-state index contributed by atoms with van der Waals surface area (Å²) in [5, 5.41) is 5.30. The number of halogens is 3. The van der Waals surface area contributed by atoms with E-state index in [0.717, 1.165) is 31.5 Å². The largest absolute Gasteiger partial charge is 0.393 e. The zero-order chi connectivity index (χ0) is 23.8. The van der Waals surface area contributed by atoms with Gasteiger partial charge in [0.1, 0.15) is 0 Å². The van der Waals surface area contributed by atoms with Gasteiger partial charge in [0.15, 0.2) is 6.29 Å². The Hall–Kier alpha value is -2.51. The molecular weight excluding hydrogens is 543 g/mol. The number of hydrogen-bond acceptors (Lipinski definition) is 4. The third-order valence-corrected chi connectivity index (χ3v) is 6.59. The van der Waals surface area contributed by atoms with Gasteiger partial charge < -0.3 is 10.3 Å². The molecule has 0 aliphatic heterocycles. The molecule has 0 saturated heterocycles. The Bertz CT molecular complexity index is 1360. The number of carbonyl (C=O) groups excluding carboxylic acids is 1. The lowest BCUT2D eigenvalue weighted by Gasteiger charge is -2.07. The molecule has 2 N–H and O–H groups in total. The van der Waals surface area contributed by atoms with Crippen molar-refractivity contribution in [3.05, 3.63) is 110 Å². The van der Waals surface area contributed by atoms with E-state index in [-0.39, 0.29) is 5.56 Å². The Labute approximate surface area is 214 Å². The number of carbonyl (C=O) groups is 1. The maximum Gasteiger partial charge on any atom is 0.255 e. The number of aromatic nitrogens is 1. The van der Waals surface area contributed by atoms with E-state index in [4.69, 9.17) is 23.2 Å². The van der Waals surface area contributed by atoms with Crippen molar-refractivity contribution in [3.63, 3.8) is 0 Å². The highest BCUT2D eigenvalue weighted by Crippen LogP contribution is 2.31. The van der Waals surface area contributed by atoms with Crippen LogP contribution in [-0.2, 0) is 0 Å². The fourth-order valence-electron chi connectivity index (χ4n) is 2.95. The zero-order valence-electron chi connectivity index (χ0n) is 17.4. The van der Waals surface area contributed by atoms with Gasteiger partial charge in [0.05, 0.1) is 10.1 Å². The summed E-state index contributed by atoms with van der Waals surface area (Å²) in [6.45, 7) is 0. The molecule has 0 bridgehead atoms. The van der Waals surface area contributed by atoms with E-state index < -0.39 is 0 Å². The number of rotatable bonds is 5. The summed E-state index contributed by atoms with van der Waals surface area (Å²) < 4.78 is 0.868. The molecule has 1 heterocycles. The van der Waals surface area contributed by atoms with Gasteiger partial charge in [0.2, 0.25) is 0 Å². The van der Waals surface area contributed by atoms with Crippen LogP contribution in [0.5, 0.6) is 0 Å². The van der Waals surface area contributed by atoms with E-state index in [0.29, 0.717) is 21.0 Å². The van der Waals surface area contributed by atoms with E-state index in [1.807, 2.05) is 60.7 Å². The molecule has 0 amide bonds. The minimum absolute atomic E-state index is 0.124. The Morgan fingerprint density at radius 2 is 1.79 bits per heavy atom. The lowest BCUT2D eigenvalue weighted by Crippen LogP contribution is -2.04. The first kappa shape index (κ1) is 25.1. The summed E-state index contributed by atoms with van der Waals surface area (Å²) in [4.78, 5) is 27.3. The van der Waals surface area contributed by atoms with Crippen LogP contribution in [-0.4, -0.2) is 18.3 Å². The number of benzene rings is 3. The van der Waals surface area contributed by atoms with Crippen LogP contribution in [0.25, 0.3) is 15.8 Å². The average molecular weight is 562 g/mol. The first-order chi connectivity index (χ1) is 15.9. The van der Waals surface area contributed by atoms with Crippen LogP contribution in [0.15, 0.2) is 98.2 Å². The van der Waals surface area contributed by atoms with E-state index in [1.54, 1.807) is 31.1 Å².